The molecule has 0 radical (unpaired) electrons. The highest BCUT2D eigenvalue weighted by Crippen LogP contribution is 2.25. The third-order valence-corrected chi connectivity index (χ3v) is 4.63. The molecule has 1 saturated heterocycles. The summed E-state index contributed by atoms with van der Waals surface area (Å²) in [5.74, 6) is -0.0153. The number of nitrogens with one attached hydrogen (secondary N) is 3. The maximum atomic E-state index is 12.0. The number of amides is 3. The van der Waals surface area contributed by atoms with Gasteiger partial charge in [0.05, 0.1) is 17.4 Å². The predicted octanol–water partition coefficient (Wildman–Crippen LogP) is 1.24. The smallest absolute Gasteiger partial charge is 0.414 e. The molecule has 1 atom stereocenters. The Kier molecular flexibility index (Phi) is 5.59. The molecule has 1 aromatic heterocycles. The van der Waals surface area contributed by atoms with Gasteiger partial charge in [0.1, 0.15) is 5.00 Å². The molecule has 0 bridgehead atoms. The summed E-state index contributed by atoms with van der Waals surface area (Å²) in [4.78, 5) is 35.2. The minimum absolute atomic E-state index is 0.155. The molecule has 0 aliphatic carbocycles. The lowest BCUT2D eigenvalue weighted by Crippen LogP contribution is -2.32. The zero-order valence-corrected chi connectivity index (χ0v) is 12.9. The molecule has 21 heavy (non-hydrogen) atoms. The highest BCUT2D eigenvalue weighted by Gasteiger charge is 2.25. The van der Waals surface area contributed by atoms with E-state index in [4.69, 9.17) is 0 Å². The standard InChI is InChI=1S/C12H15N3O4S2/c1-2-19-12(18)15-9(16)7-3-4-20-11(7)14-10(17)8-5-13-6-21-8/h3-4,8,13H,2,5-6H2,1H3,(H,14,17)(H,15,16,18). The van der Waals surface area contributed by atoms with E-state index in [0.29, 0.717) is 11.5 Å². The number of rotatable bonds is 4. The van der Waals surface area contributed by atoms with Crippen molar-refractivity contribution in [3.8, 4) is 0 Å². The molecular formula is C12H15N3O4S2. The van der Waals surface area contributed by atoms with Gasteiger partial charge in [0, 0.05) is 12.4 Å². The Morgan fingerprint density at radius 1 is 1.48 bits per heavy atom. The van der Waals surface area contributed by atoms with Gasteiger partial charge in [-0.1, -0.05) is 0 Å². The molecule has 0 spiro atoms. The normalized spacial score (nSPS) is 17.3. The molecule has 114 valence electrons. The highest BCUT2D eigenvalue weighted by atomic mass is 32.2. The van der Waals surface area contributed by atoms with Crippen LogP contribution in [-0.4, -0.2) is 42.2 Å². The molecule has 1 fully saturated rings. The first-order valence-corrected chi connectivity index (χ1v) is 8.23. The van der Waals surface area contributed by atoms with Gasteiger partial charge in [-0.2, -0.15) is 0 Å². The summed E-state index contributed by atoms with van der Waals surface area (Å²) in [6, 6.07) is 1.55. The predicted molar refractivity (Wildman–Crippen MR) is 81.7 cm³/mol. The van der Waals surface area contributed by atoms with Crippen LogP contribution in [0.25, 0.3) is 0 Å². The van der Waals surface area contributed by atoms with E-state index in [2.05, 4.69) is 20.7 Å². The van der Waals surface area contributed by atoms with Crippen molar-refractivity contribution in [3.63, 3.8) is 0 Å². The number of anilines is 1. The van der Waals surface area contributed by atoms with Gasteiger partial charge in [-0.3, -0.25) is 14.9 Å². The van der Waals surface area contributed by atoms with Crippen molar-refractivity contribution in [2.24, 2.45) is 0 Å². The van der Waals surface area contributed by atoms with Crippen LogP contribution in [0.5, 0.6) is 0 Å². The van der Waals surface area contributed by atoms with E-state index in [0.717, 1.165) is 5.88 Å². The molecule has 1 aromatic rings. The number of hydrogen-bond donors (Lipinski definition) is 3. The van der Waals surface area contributed by atoms with E-state index in [-0.39, 0.29) is 23.3 Å². The highest BCUT2D eigenvalue weighted by molar-refractivity contribution is 8.00. The quantitative estimate of drug-likeness (QED) is 0.769. The lowest BCUT2D eigenvalue weighted by Gasteiger charge is -2.09. The van der Waals surface area contributed by atoms with E-state index in [9.17, 15) is 14.4 Å². The van der Waals surface area contributed by atoms with Crippen LogP contribution in [0, 0.1) is 0 Å². The first-order chi connectivity index (χ1) is 10.1. The largest absolute Gasteiger partial charge is 0.450 e. The van der Waals surface area contributed by atoms with Crippen molar-refractivity contribution in [2.75, 3.05) is 24.3 Å². The molecule has 0 aromatic carbocycles. The van der Waals surface area contributed by atoms with Crippen molar-refractivity contribution in [1.29, 1.82) is 0 Å². The Labute approximate surface area is 129 Å². The van der Waals surface area contributed by atoms with Gasteiger partial charge < -0.3 is 15.4 Å². The van der Waals surface area contributed by atoms with Crippen LogP contribution < -0.4 is 16.0 Å². The first-order valence-electron chi connectivity index (χ1n) is 6.30. The van der Waals surface area contributed by atoms with Crippen LogP contribution in [0.3, 0.4) is 0 Å². The molecular weight excluding hydrogens is 314 g/mol. The maximum absolute atomic E-state index is 12.0. The minimum Gasteiger partial charge on any atom is -0.450 e. The summed E-state index contributed by atoms with van der Waals surface area (Å²) in [7, 11) is 0. The van der Waals surface area contributed by atoms with Crippen LogP contribution >= 0.6 is 23.1 Å². The second kappa shape index (κ2) is 7.43. The third-order valence-electron chi connectivity index (χ3n) is 2.65. The summed E-state index contributed by atoms with van der Waals surface area (Å²) < 4.78 is 4.65. The second-order valence-corrected chi connectivity index (χ2v) is 6.19. The summed E-state index contributed by atoms with van der Waals surface area (Å²) in [6.07, 6.45) is -0.804. The maximum Gasteiger partial charge on any atom is 0.414 e. The molecule has 2 heterocycles. The Morgan fingerprint density at radius 2 is 2.29 bits per heavy atom. The number of thiophene rings is 1. The molecule has 3 N–H and O–H groups in total. The number of imide groups is 1. The zero-order valence-electron chi connectivity index (χ0n) is 11.3. The second-order valence-electron chi connectivity index (χ2n) is 4.08. The average molecular weight is 329 g/mol. The lowest BCUT2D eigenvalue weighted by atomic mass is 10.3. The van der Waals surface area contributed by atoms with Crippen molar-refractivity contribution in [2.45, 2.75) is 12.2 Å². The van der Waals surface area contributed by atoms with Gasteiger partial charge >= 0.3 is 6.09 Å². The van der Waals surface area contributed by atoms with Gasteiger partial charge in [-0.05, 0) is 18.4 Å². The molecule has 2 rings (SSSR count). The SMILES string of the molecule is CCOC(=O)NC(=O)c1ccsc1NC(=O)C1CNCS1. The molecule has 9 heteroatoms. The lowest BCUT2D eigenvalue weighted by molar-refractivity contribution is -0.115. The molecule has 1 unspecified atom stereocenters. The van der Waals surface area contributed by atoms with Crippen molar-refractivity contribution < 1.29 is 19.1 Å². The topological polar surface area (TPSA) is 96.5 Å². The fourth-order valence-electron chi connectivity index (χ4n) is 1.68. The van der Waals surface area contributed by atoms with Crippen LogP contribution in [-0.2, 0) is 9.53 Å². The molecule has 3 amide bonds. The van der Waals surface area contributed by atoms with Crippen molar-refractivity contribution in [1.82, 2.24) is 10.6 Å². The first kappa shape index (κ1) is 15.8. The van der Waals surface area contributed by atoms with E-state index >= 15 is 0 Å². The number of carbonyl (C=O) groups is 3. The van der Waals surface area contributed by atoms with Gasteiger partial charge in [-0.15, -0.1) is 23.1 Å². The number of carbonyl (C=O) groups excluding carboxylic acids is 3. The van der Waals surface area contributed by atoms with E-state index < -0.39 is 12.0 Å². The summed E-state index contributed by atoms with van der Waals surface area (Å²) in [6.45, 7) is 2.43. The monoisotopic (exact) mass is 329 g/mol. The fraction of sp³-hybridized carbons (Fsp3) is 0.417. The third kappa shape index (κ3) is 4.19. The Balaban J connectivity index is 1.99. The van der Waals surface area contributed by atoms with Gasteiger partial charge in [0.15, 0.2) is 0 Å². The van der Waals surface area contributed by atoms with Gasteiger partial charge in [-0.25, -0.2) is 4.79 Å². The van der Waals surface area contributed by atoms with Crippen LogP contribution in [0.4, 0.5) is 9.80 Å². The summed E-state index contributed by atoms with van der Waals surface area (Å²) in [5, 5.41) is 9.83. The van der Waals surface area contributed by atoms with Crippen LogP contribution in [0.15, 0.2) is 11.4 Å². The van der Waals surface area contributed by atoms with E-state index in [1.54, 1.807) is 18.4 Å². The average Bonchev–Trinajstić information content (AvgIpc) is 3.09. The molecule has 1 aliphatic heterocycles. The minimum atomic E-state index is -0.804. The number of alkyl carbamates (subject to hydrolysis) is 1. The fourth-order valence-corrected chi connectivity index (χ4v) is 3.35. The molecule has 1 aliphatic rings. The number of ether oxygens (including phenoxy) is 1. The van der Waals surface area contributed by atoms with Gasteiger partial charge in [0.25, 0.3) is 5.91 Å². The molecule has 0 saturated carbocycles. The number of hydrogen-bond acceptors (Lipinski definition) is 7. The molecule has 7 nitrogen and oxygen atoms in total. The van der Waals surface area contributed by atoms with E-state index in [1.807, 2.05) is 0 Å². The van der Waals surface area contributed by atoms with Crippen LogP contribution in [0.2, 0.25) is 0 Å². The Morgan fingerprint density at radius 3 is 2.95 bits per heavy atom. The summed E-state index contributed by atoms with van der Waals surface area (Å²) >= 11 is 2.74. The van der Waals surface area contributed by atoms with E-state index in [1.165, 1.54) is 23.1 Å². The summed E-state index contributed by atoms with van der Waals surface area (Å²) in [5.41, 5.74) is 0.248. The van der Waals surface area contributed by atoms with Crippen LogP contribution in [0.1, 0.15) is 17.3 Å². The Hall–Kier alpha value is -1.58. The Bertz CT molecular complexity index is 540. The van der Waals surface area contributed by atoms with Crippen molar-refractivity contribution in [3.05, 3.63) is 17.0 Å². The number of thioether (sulfide) groups is 1. The van der Waals surface area contributed by atoms with Gasteiger partial charge in [0.2, 0.25) is 5.91 Å². The van der Waals surface area contributed by atoms with Crippen molar-refractivity contribution >= 4 is 46.0 Å². The zero-order chi connectivity index (χ0) is 15.2.